The second-order valence-electron chi connectivity index (χ2n) is 4.65. The summed E-state index contributed by atoms with van der Waals surface area (Å²) in [6.07, 6.45) is 3.80. The highest BCUT2D eigenvalue weighted by Crippen LogP contribution is 2.10. The van der Waals surface area contributed by atoms with E-state index in [4.69, 9.17) is 0 Å². The second-order valence-corrected chi connectivity index (χ2v) is 4.65. The summed E-state index contributed by atoms with van der Waals surface area (Å²) in [6.45, 7) is 1.98. The zero-order valence-electron chi connectivity index (χ0n) is 10.3. The maximum Gasteiger partial charge on any atom is 0.243 e. The topological polar surface area (TPSA) is 62.7 Å². The Hall–Kier alpha value is -1.75. The van der Waals surface area contributed by atoms with E-state index in [1.165, 1.54) is 19.3 Å². The van der Waals surface area contributed by atoms with Crippen molar-refractivity contribution in [2.45, 2.75) is 25.3 Å². The number of para-hydroxylation sites is 1. The predicted octanol–water partition coefficient (Wildman–Crippen LogP) is 1.58. The first-order chi connectivity index (χ1) is 8.92. The third-order valence-electron chi connectivity index (χ3n) is 3.28. The van der Waals surface area contributed by atoms with Crippen LogP contribution in [0.3, 0.4) is 0 Å². The third-order valence-corrected chi connectivity index (χ3v) is 3.28. The maximum atomic E-state index is 4.45. The Labute approximate surface area is 106 Å². The highest BCUT2D eigenvalue weighted by molar-refractivity contribution is 5.73. The number of piperidine rings is 1. The predicted molar refractivity (Wildman–Crippen MR) is 71.5 cm³/mol. The van der Waals surface area contributed by atoms with Crippen LogP contribution in [0.5, 0.6) is 0 Å². The van der Waals surface area contributed by atoms with E-state index in [0.29, 0.717) is 12.0 Å². The molecule has 5 heteroatoms. The van der Waals surface area contributed by atoms with Crippen LogP contribution in [0.2, 0.25) is 0 Å². The Morgan fingerprint density at radius 1 is 1.17 bits per heavy atom. The molecule has 1 atom stereocenters. The van der Waals surface area contributed by atoms with Crippen LogP contribution in [0, 0.1) is 0 Å². The van der Waals surface area contributed by atoms with Crippen molar-refractivity contribution >= 4 is 17.0 Å². The van der Waals surface area contributed by atoms with Crippen molar-refractivity contribution in [3.8, 4) is 0 Å². The van der Waals surface area contributed by atoms with E-state index in [1.807, 2.05) is 24.3 Å². The normalized spacial score (nSPS) is 19.9. The Kier molecular flexibility index (Phi) is 3.32. The summed E-state index contributed by atoms with van der Waals surface area (Å²) in [5, 5.41) is 15.0. The zero-order chi connectivity index (χ0) is 12.2. The van der Waals surface area contributed by atoms with Crippen LogP contribution >= 0.6 is 0 Å². The maximum absolute atomic E-state index is 4.45. The van der Waals surface area contributed by atoms with Gasteiger partial charge in [0.05, 0.1) is 5.52 Å². The summed E-state index contributed by atoms with van der Waals surface area (Å²) in [5.74, 6) is 0.612. The monoisotopic (exact) mass is 243 g/mol. The summed E-state index contributed by atoms with van der Waals surface area (Å²) in [4.78, 5) is 4.45. The van der Waals surface area contributed by atoms with E-state index in [9.17, 15) is 0 Å². The van der Waals surface area contributed by atoms with Gasteiger partial charge in [0, 0.05) is 12.6 Å². The van der Waals surface area contributed by atoms with Crippen molar-refractivity contribution in [2.24, 2.45) is 0 Å². The molecule has 2 aromatic rings. The molecule has 2 N–H and O–H groups in total. The fraction of sp³-hybridized carbons (Fsp3) is 0.462. The van der Waals surface area contributed by atoms with Gasteiger partial charge in [-0.2, -0.15) is 0 Å². The molecule has 1 fully saturated rings. The first-order valence-electron chi connectivity index (χ1n) is 6.48. The molecule has 1 aromatic heterocycles. The molecule has 94 valence electrons. The summed E-state index contributed by atoms with van der Waals surface area (Å²) < 4.78 is 0. The van der Waals surface area contributed by atoms with Gasteiger partial charge >= 0.3 is 0 Å². The quantitative estimate of drug-likeness (QED) is 0.857. The number of benzene rings is 1. The molecule has 0 saturated carbocycles. The lowest BCUT2D eigenvalue weighted by Crippen LogP contribution is -2.39. The number of aromatic nitrogens is 3. The number of hydrogen-bond donors (Lipinski definition) is 2. The lowest BCUT2D eigenvalue weighted by molar-refractivity contribution is 0.413. The van der Waals surface area contributed by atoms with Gasteiger partial charge in [-0.3, -0.25) is 0 Å². The summed E-state index contributed by atoms with van der Waals surface area (Å²) in [6, 6.07) is 8.30. The van der Waals surface area contributed by atoms with Crippen LogP contribution in [0.25, 0.3) is 11.0 Å². The highest BCUT2D eigenvalue weighted by atomic mass is 15.2. The van der Waals surface area contributed by atoms with Crippen LogP contribution in [0.1, 0.15) is 19.3 Å². The number of nitrogens with zero attached hydrogens (tertiary/aromatic N) is 3. The summed E-state index contributed by atoms with van der Waals surface area (Å²) in [5.41, 5.74) is 1.71. The lowest BCUT2D eigenvalue weighted by atomic mass is 10.1. The molecule has 0 bridgehead atoms. The minimum atomic E-state index is 0.522. The van der Waals surface area contributed by atoms with Gasteiger partial charge in [-0.15, -0.1) is 10.2 Å². The molecule has 0 aliphatic carbocycles. The fourth-order valence-corrected chi connectivity index (χ4v) is 2.27. The molecule has 0 spiro atoms. The highest BCUT2D eigenvalue weighted by Gasteiger charge is 2.12. The van der Waals surface area contributed by atoms with Crippen LogP contribution < -0.4 is 10.6 Å². The van der Waals surface area contributed by atoms with E-state index in [0.717, 1.165) is 24.1 Å². The van der Waals surface area contributed by atoms with Gasteiger partial charge in [0.1, 0.15) is 5.52 Å². The van der Waals surface area contributed by atoms with E-state index >= 15 is 0 Å². The molecule has 5 nitrogen and oxygen atoms in total. The molecule has 2 heterocycles. The van der Waals surface area contributed by atoms with Gasteiger partial charge < -0.3 is 10.6 Å². The summed E-state index contributed by atoms with van der Waals surface area (Å²) in [7, 11) is 0. The zero-order valence-corrected chi connectivity index (χ0v) is 10.3. The fourth-order valence-electron chi connectivity index (χ4n) is 2.27. The van der Waals surface area contributed by atoms with Crippen LogP contribution in [-0.4, -0.2) is 34.3 Å². The van der Waals surface area contributed by atoms with E-state index < -0.39 is 0 Å². The number of nitrogens with one attached hydrogen (secondary N) is 2. The van der Waals surface area contributed by atoms with Gasteiger partial charge in [-0.1, -0.05) is 18.6 Å². The Morgan fingerprint density at radius 2 is 2.06 bits per heavy atom. The molecule has 3 rings (SSSR count). The average molecular weight is 243 g/mol. The van der Waals surface area contributed by atoms with E-state index in [-0.39, 0.29) is 0 Å². The molecule has 1 saturated heterocycles. The Balaban J connectivity index is 1.66. The van der Waals surface area contributed by atoms with Crippen molar-refractivity contribution in [3.63, 3.8) is 0 Å². The first kappa shape index (κ1) is 11.3. The van der Waals surface area contributed by atoms with E-state index in [2.05, 4.69) is 25.8 Å². The van der Waals surface area contributed by atoms with Crippen LogP contribution in [0.15, 0.2) is 24.3 Å². The van der Waals surface area contributed by atoms with Crippen molar-refractivity contribution < 1.29 is 0 Å². The van der Waals surface area contributed by atoms with Gasteiger partial charge in [0.2, 0.25) is 5.95 Å². The van der Waals surface area contributed by atoms with Crippen LogP contribution in [0.4, 0.5) is 5.95 Å². The van der Waals surface area contributed by atoms with Gasteiger partial charge in [-0.25, -0.2) is 4.98 Å². The molecular weight excluding hydrogens is 226 g/mol. The Morgan fingerprint density at radius 3 is 2.89 bits per heavy atom. The number of hydrogen-bond acceptors (Lipinski definition) is 5. The number of anilines is 1. The largest absolute Gasteiger partial charge is 0.351 e. The molecular formula is C13H17N5. The van der Waals surface area contributed by atoms with Crippen molar-refractivity contribution in [3.05, 3.63) is 24.3 Å². The van der Waals surface area contributed by atoms with Crippen LogP contribution in [-0.2, 0) is 0 Å². The number of fused-ring (bicyclic) bond motifs is 1. The molecule has 0 radical (unpaired) electrons. The standard InChI is InChI=1S/C13H17N5/c1-2-7-12-11(6-1)16-13(18-17-12)15-9-10-5-3-4-8-14-10/h1-2,6-7,10,14H,3-5,8-9H2,(H,15,16,18). The first-order valence-corrected chi connectivity index (χ1v) is 6.48. The summed E-state index contributed by atoms with van der Waals surface area (Å²) >= 11 is 0. The minimum Gasteiger partial charge on any atom is -0.351 e. The Bertz CT molecular complexity index is 522. The van der Waals surface area contributed by atoms with Gasteiger partial charge in [0.25, 0.3) is 0 Å². The molecule has 1 aliphatic rings. The van der Waals surface area contributed by atoms with Gasteiger partial charge in [0.15, 0.2) is 0 Å². The number of rotatable bonds is 3. The molecule has 0 amide bonds. The van der Waals surface area contributed by atoms with Crippen molar-refractivity contribution in [2.75, 3.05) is 18.4 Å². The lowest BCUT2D eigenvalue weighted by Gasteiger charge is -2.23. The van der Waals surface area contributed by atoms with Crippen molar-refractivity contribution in [1.82, 2.24) is 20.5 Å². The molecule has 1 aromatic carbocycles. The smallest absolute Gasteiger partial charge is 0.243 e. The molecule has 18 heavy (non-hydrogen) atoms. The third kappa shape index (κ3) is 2.56. The molecule has 1 aliphatic heterocycles. The average Bonchev–Trinajstić information content (AvgIpc) is 2.46. The molecule has 1 unspecified atom stereocenters. The SMILES string of the molecule is c1ccc2nc(NCC3CCCCN3)nnc2c1. The van der Waals surface area contributed by atoms with Crippen molar-refractivity contribution in [1.29, 1.82) is 0 Å². The van der Waals surface area contributed by atoms with E-state index in [1.54, 1.807) is 0 Å². The minimum absolute atomic E-state index is 0.522. The van der Waals surface area contributed by atoms with Gasteiger partial charge in [-0.05, 0) is 31.5 Å². The second kappa shape index (κ2) is 5.27.